The zero-order chi connectivity index (χ0) is 20.8. The van der Waals surface area contributed by atoms with Gasteiger partial charge in [0.25, 0.3) is 0 Å². The van der Waals surface area contributed by atoms with Gasteiger partial charge in [-0.05, 0) is 13.3 Å². The van der Waals surface area contributed by atoms with E-state index in [4.69, 9.17) is 14.2 Å². The molecule has 1 aromatic heterocycles. The first kappa shape index (κ1) is 21.8. The van der Waals surface area contributed by atoms with Gasteiger partial charge in [0.1, 0.15) is 6.10 Å². The third-order valence-electron chi connectivity index (χ3n) is 4.13. The van der Waals surface area contributed by atoms with Gasteiger partial charge >= 0.3 is 17.8 Å². The Hall–Kier alpha value is -2.53. The molecule has 0 spiro atoms. The summed E-state index contributed by atoms with van der Waals surface area (Å²) in [4.78, 5) is 38.5. The highest BCUT2D eigenvalue weighted by atomic mass is 19.1. The molecule has 28 heavy (non-hydrogen) atoms. The molecule has 1 aromatic rings. The predicted octanol–water partition coefficient (Wildman–Crippen LogP) is 1.33. The maximum atomic E-state index is 14.3. The molecule has 2 N–H and O–H groups in total. The van der Waals surface area contributed by atoms with Gasteiger partial charge in [0, 0.05) is 6.92 Å². The summed E-state index contributed by atoms with van der Waals surface area (Å²) in [7, 11) is 0. The van der Waals surface area contributed by atoms with E-state index in [9.17, 15) is 23.9 Å². The Bertz CT molecular complexity index is 770. The van der Waals surface area contributed by atoms with E-state index in [2.05, 4.69) is 10.3 Å². The minimum absolute atomic E-state index is 0.163. The summed E-state index contributed by atoms with van der Waals surface area (Å²) in [6.07, 6.45) is -2.14. The molecule has 4 unspecified atom stereocenters. The van der Waals surface area contributed by atoms with Gasteiger partial charge in [-0.2, -0.15) is 4.98 Å². The molecule has 156 valence electrons. The molecule has 0 radical (unpaired) electrons. The molecule has 2 heterocycles. The lowest BCUT2D eigenvalue weighted by Gasteiger charge is -2.19. The van der Waals surface area contributed by atoms with Crippen molar-refractivity contribution in [2.24, 2.45) is 0 Å². The zero-order valence-corrected chi connectivity index (χ0v) is 15.9. The second kappa shape index (κ2) is 9.60. The number of hydrogen-bond acceptors (Lipinski definition) is 8. The molecule has 0 bridgehead atoms. The van der Waals surface area contributed by atoms with Crippen molar-refractivity contribution >= 4 is 17.9 Å². The topological polar surface area (TPSA) is 129 Å². The van der Waals surface area contributed by atoms with Gasteiger partial charge in [0.2, 0.25) is 0 Å². The van der Waals surface area contributed by atoms with Crippen molar-refractivity contribution < 1.29 is 33.3 Å². The lowest BCUT2D eigenvalue weighted by Crippen LogP contribution is -2.38. The van der Waals surface area contributed by atoms with Crippen LogP contribution in [-0.4, -0.2) is 51.6 Å². The van der Waals surface area contributed by atoms with Crippen LogP contribution in [0.25, 0.3) is 0 Å². The highest BCUT2D eigenvalue weighted by Gasteiger charge is 2.45. The number of aliphatic hydroxyl groups is 1. The Labute approximate surface area is 160 Å². The van der Waals surface area contributed by atoms with E-state index in [1.54, 1.807) is 0 Å². The van der Waals surface area contributed by atoms with E-state index in [0.717, 1.165) is 23.6 Å². The van der Waals surface area contributed by atoms with Crippen LogP contribution in [0.3, 0.4) is 0 Å². The molecule has 1 fully saturated rings. The molecule has 2 rings (SSSR count). The number of esters is 1. The number of carbonyl (C=O) groups is 2. The number of carbonyl (C=O) groups excluding carboxylic acids is 2. The molecular formula is C17H24FN3O7. The second-order valence-corrected chi connectivity index (χ2v) is 6.39. The Kier molecular flexibility index (Phi) is 7.46. The van der Waals surface area contributed by atoms with Crippen LogP contribution < -0.4 is 11.0 Å². The minimum atomic E-state index is -1.40. The number of aromatic nitrogens is 2. The van der Waals surface area contributed by atoms with Gasteiger partial charge in [-0.15, -0.1) is 0 Å². The van der Waals surface area contributed by atoms with Crippen LogP contribution in [-0.2, 0) is 19.0 Å². The molecular weight excluding hydrogens is 377 g/mol. The third kappa shape index (κ3) is 5.26. The SMILES string of the molecule is CCCCCOC(=O)Nc1nc(=O)n(C2OC(C)C(OC(C)=O)C2O)cc1F. The zero-order valence-electron chi connectivity index (χ0n) is 15.9. The Balaban J connectivity index is 2.10. The lowest BCUT2D eigenvalue weighted by atomic mass is 10.1. The normalized spacial score (nSPS) is 24.0. The van der Waals surface area contributed by atoms with Gasteiger partial charge in [-0.3, -0.25) is 14.7 Å². The van der Waals surface area contributed by atoms with E-state index < -0.39 is 53.9 Å². The summed E-state index contributed by atoms with van der Waals surface area (Å²) >= 11 is 0. The van der Waals surface area contributed by atoms with Crippen molar-refractivity contribution in [2.45, 2.75) is 64.6 Å². The third-order valence-corrected chi connectivity index (χ3v) is 4.13. The summed E-state index contributed by atoms with van der Waals surface area (Å²) in [6.45, 7) is 4.86. The van der Waals surface area contributed by atoms with Gasteiger partial charge in [-0.1, -0.05) is 19.8 Å². The van der Waals surface area contributed by atoms with Crippen LogP contribution in [0, 0.1) is 5.82 Å². The highest BCUT2D eigenvalue weighted by Crippen LogP contribution is 2.30. The summed E-state index contributed by atoms with van der Waals surface area (Å²) in [5.74, 6) is -2.25. The Morgan fingerprint density at radius 3 is 2.79 bits per heavy atom. The number of ether oxygens (including phenoxy) is 3. The van der Waals surface area contributed by atoms with Crippen molar-refractivity contribution in [1.29, 1.82) is 0 Å². The van der Waals surface area contributed by atoms with Crippen LogP contribution in [0.4, 0.5) is 15.0 Å². The predicted molar refractivity (Wildman–Crippen MR) is 94.1 cm³/mol. The molecule has 1 aliphatic rings. The molecule has 0 aliphatic carbocycles. The standard InChI is InChI=1S/C17H24FN3O7/c1-4-5-6-7-26-17(25)20-14-11(18)8-21(16(24)19-14)15-12(23)13(9(2)27-15)28-10(3)22/h8-9,12-13,15,23H,4-7H2,1-3H3,(H,19,20,24,25). The average molecular weight is 401 g/mol. The molecule has 11 heteroatoms. The van der Waals surface area contributed by atoms with Gasteiger partial charge in [0.05, 0.1) is 18.9 Å². The maximum absolute atomic E-state index is 14.3. The van der Waals surface area contributed by atoms with Crippen LogP contribution in [0.1, 0.15) is 46.3 Å². The van der Waals surface area contributed by atoms with Crippen LogP contribution in [0.5, 0.6) is 0 Å². The number of halogens is 1. The fourth-order valence-electron chi connectivity index (χ4n) is 2.77. The molecule has 0 aromatic carbocycles. The first-order valence-electron chi connectivity index (χ1n) is 8.97. The van der Waals surface area contributed by atoms with Gasteiger partial charge in [-0.25, -0.2) is 14.0 Å². The van der Waals surface area contributed by atoms with Gasteiger partial charge < -0.3 is 19.3 Å². The van der Waals surface area contributed by atoms with Crippen LogP contribution >= 0.6 is 0 Å². The fraction of sp³-hybridized carbons (Fsp3) is 0.647. The quantitative estimate of drug-likeness (QED) is 0.517. The highest BCUT2D eigenvalue weighted by molar-refractivity contribution is 5.83. The van der Waals surface area contributed by atoms with Crippen molar-refractivity contribution in [2.75, 3.05) is 11.9 Å². The molecule has 1 amide bonds. The molecule has 4 atom stereocenters. The number of aliphatic hydroxyl groups excluding tert-OH is 1. The smallest absolute Gasteiger partial charge is 0.412 e. The second-order valence-electron chi connectivity index (χ2n) is 6.39. The number of unbranched alkanes of at least 4 members (excludes halogenated alkanes) is 2. The monoisotopic (exact) mass is 401 g/mol. The van der Waals surface area contributed by atoms with Crippen molar-refractivity contribution in [3.05, 3.63) is 22.5 Å². The molecule has 1 aliphatic heterocycles. The lowest BCUT2D eigenvalue weighted by molar-refractivity contribution is -0.152. The van der Waals surface area contributed by atoms with E-state index in [0.29, 0.717) is 6.42 Å². The number of hydrogen-bond donors (Lipinski definition) is 2. The van der Waals surface area contributed by atoms with Crippen molar-refractivity contribution in [3.63, 3.8) is 0 Å². The fourth-order valence-corrected chi connectivity index (χ4v) is 2.77. The number of anilines is 1. The molecule has 10 nitrogen and oxygen atoms in total. The summed E-state index contributed by atoms with van der Waals surface area (Å²) in [5, 5.41) is 12.4. The Morgan fingerprint density at radius 2 is 2.14 bits per heavy atom. The minimum Gasteiger partial charge on any atom is -0.457 e. The molecule has 0 saturated carbocycles. The number of amides is 1. The Morgan fingerprint density at radius 1 is 1.43 bits per heavy atom. The summed E-state index contributed by atoms with van der Waals surface area (Å²) in [6, 6.07) is 0. The van der Waals surface area contributed by atoms with E-state index >= 15 is 0 Å². The van der Waals surface area contributed by atoms with Crippen LogP contribution in [0.15, 0.2) is 11.0 Å². The van der Waals surface area contributed by atoms with Gasteiger partial charge in [0.15, 0.2) is 24.0 Å². The largest absolute Gasteiger partial charge is 0.457 e. The number of nitrogens with one attached hydrogen (secondary N) is 1. The summed E-state index contributed by atoms with van der Waals surface area (Å²) in [5.41, 5.74) is -0.970. The van der Waals surface area contributed by atoms with Crippen molar-refractivity contribution in [1.82, 2.24) is 9.55 Å². The van der Waals surface area contributed by atoms with E-state index in [1.165, 1.54) is 13.8 Å². The number of nitrogens with zero attached hydrogens (tertiary/aromatic N) is 2. The van der Waals surface area contributed by atoms with Crippen LogP contribution in [0.2, 0.25) is 0 Å². The van der Waals surface area contributed by atoms with E-state index in [1.807, 2.05) is 6.92 Å². The first-order chi connectivity index (χ1) is 13.2. The average Bonchev–Trinajstić information content (AvgIpc) is 2.89. The van der Waals surface area contributed by atoms with Crippen molar-refractivity contribution in [3.8, 4) is 0 Å². The molecule has 1 saturated heterocycles. The van der Waals surface area contributed by atoms with E-state index in [-0.39, 0.29) is 6.61 Å². The first-order valence-corrected chi connectivity index (χ1v) is 8.97. The maximum Gasteiger partial charge on any atom is 0.412 e. The number of rotatable bonds is 7. The summed E-state index contributed by atoms with van der Waals surface area (Å²) < 4.78 is 30.3.